The first-order chi connectivity index (χ1) is 12.5. The largest absolute Gasteiger partial charge is 0.339 e. The second-order valence-corrected chi connectivity index (χ2v) is 6.76. The van der Waals surface area contributed by atoms with Gasteiger partial charge in [0.2, 0.25) is 5.91 Å². The first kappa shape index (κ1) is 18.1. The van der Waals surface area contributed by atoms with E-state index >= 15 is 0 Å². The number of halogens is 1. The third-order valence-electron chi connectivity index (χ3n) is 4.87. The second kappa shape index (κ2) is 7.68. The van der Waals surface area contributed by atoms with Crippen LogP contribution in [0.3, 0.4) is 0 Å². The lowest BCUT2D eigenvalue weighted by atomic mass is 10.0. The topological polar surface area (TPSA) is 40.6 Å². The summed E-state index contributed by atoms with van der Waals surface area (Å²) in [4.78, 5) is 28.4. The molecular formula is C21H23FN2O2. The van der Waals surface area contributed by atoms with Gasteiger partial charge in [-0.05, 0) is 37.1 Å². The molecule has 4 nitrogen and oxygen atoms in total. The van der Waals surface area contributed by atoms with Gasteiger partial charge in [0, 0.05) is 26.2 Å². The maximum atomic E-state index is 13.8. The molecule has 0 saturated carbocycles. The molecule has 0 atom stereocenters. The van der Waals surface area contributed by atoms with Gasteiger partial charge in [0.05, 0.1) is 12.0 Å². The number of amides is 2. The van der Waals surface area contributed by atoms with Gasteiger partial charge in [0.1, 0.15) is 5.82 Å². The van der Waals surface area contributed by atoms with Gasteiger partial charge in [-0.2, -0.15) is 0 Å². The summed E-state index contributed by atoms with van der Waals surface area (Å²) in [5.74, 6) is -0.757. The Morgan fingerprint density at radius 3 is 2.31 bits per heavy atom. The molecule has 0 unspecified atom stereocenters. The summed E-state index contributed by atoms with van der Waals surface area (Å²) in [6.45, 7) is 5.82. The summed E-state index contributed by atoms with van der Waals surface area (Å²) < 4.78 is 13.8. The highest BCUT2D eigenvalue weighted by molar-refractivity contribution is 5.94. The Morgan fingerprint density at radius 2 is 1.62 bits per heavy atom. The number of piperazine rings is 1. The van der Waals surface area contributed by atoms with Gasteiger partial charge in [-0.1, -0.05) is 35.9 Å². The van der Waals surface area contributed by atoms with Crippen molar-refractivity contribution >= 4 is 11.8 Å². The van der Waals surface area contributed by atoms with Crippen molar-refractivity contribution in [3.05, 3.63) is 70.5 Å². The number of benzene rings is 2. The number of rotatable bonds is 3. The molecule has 0 N–H and O–H groups in total. The average molecular weight is 354 g/mol. The van der Waals surface area contributed by atoms with E-state index in [-0.39, 0.29) is 17.4 Å². The van der Waals surface area contributed by atoms with Crippen LogP contribution in [0.2, 0.25) is 0 Å². The molecule has 2 amide bonds. The van der Waals surface area contributed by atoms with Crippen LogP contribution in [0.5, 0.6) is 0 Å². The van der Waals surface area contributed by atoms with E-state index in [1.165, 1.54) is 12.1 Å². The van der Waals surface area contributed by atoms with Gasteiger partial charge in [0.15, 0.2) is 0 Å². The first-order valence-corrected chi connectivity index (χ1v) is 8.83. The third-order valence-corrected chi connectivity index (χ3v) is 4.87. The standard InChI is InChI=1S/C21H23FN2O2/c1-15-7-8-16(2)17(13-15)14-20(25)23-9-11-24(12-10-23)21(26)18-5-3-4-6-19(18)22/h3-8,13H,9-12,14H2,1-2H3. The van der Waals surface area contributed by atoms with Gasteiger partial charge in [-0.25, -0.2) is 4.39 Å². The normalized spacial score (nSPS) is 14.4. The highest BCUT2D eigenvalue weighted by Gasteiger charge is 2.26. The van der Waals surface area contributed by atoms with Crippen LogP contribution < -0.4 is 0 Å². The molecule has 1 aliphatic rings. The minimum Gasteiger partial charge on any atom is -0.339 e. The summed E-state index contributed by atoms with van der Waals surface area (Å²) in [5.41, 5.74) is 3.37. The molecule has 0 aromatic heterocycles. The van der Waals surface area contributed by atoms with Crippen molar-refractivity contribution in [2.24, 2.45) is 0 Å². The molecule has 5 heteroatoms. The molecule has 0 radical (unpaired) electrons. The Kier molecular flexibility index (Phi) is 5.35. The highest BCUT2D eigenvalue weighted by atomic mass is 19.1. The molecular weight excluding hydrogens is 331 g/mol. The molecule has 26 heavy (non-hydrogen) atoms. The Bertz CT molecular complexity index is 827. The molecule has 3 rings (SSSR count). The molecule has 2 aromatic rings. The van der Waals surface area contributed by atoms with Gasteiger partial charge in [-0.15, -0.1) is 0 Å². The third kappa shape index (κ3) is 3.93. The van der Waals surface area contributed by atoms with E-state index in [2.05, 4.69) is 0 Å². The molecule has 136 valence electrons. The van der Waals surface area contributed by atoms with Crippen molar-refractivity contribution in [1.29, 1.82) is 0 Å². The Balaban J connectivity index is 1.60. The molecule has 1 heterocycles. The predicted octanol–water partition coefficient (Wildman–Crippen LogP) is 2.97. The smallest absolute Gasteiger partial charge is 0.256 e. The van der Waals surface area contributed by atoms with E-state index in [9.17, 15) is 14.0 Å². The summed E-state index contributed by atoms with van der Waals surface area (Å²) >= 11 is 0. The Hall–Kier alpha value is -2.69. The fourth-order valence-corrected chi connectivity index (χ4v) is 3.23. The monoisotopic (exact) mass is 354 g/mol. The van der Waals surface area contributed by atoms with Gasteiger partial charge >= 0.3 is 0 Å². The summed E-state index contributed by atoms with van der Waals surface area (Å²) in [7, 11) is 0. The zero-order chi connectivity index (χ0) is 18.7. The minimum absolute atomic E-state index is 0.0664. The van der Waals surface area contributed by atoms with Crippen molar-refractivity contribution in [3.63, 3.8) is 0 Å². The lowest BCUT2D eigenvalue weighted by molar-refractivity contribution is -0.131. The van der Waals surface area contributed by atoms with Crippen molar-refractivity contribution in [2.45, 2.75) is 20.3 Å². The van der Waals surface area contributed by atoms with Crippen LogP contribution in [-0.4, -0.2) is 47.8 Å². The Morgan fingerprint density at radius 1 is 0.962 bits per heavy atom. The molecule has 0 spiro atoms. The SMILES string of the molecule is Cc1ccc(C)c(CC(=O)N2CCN(C(=O)c3ccccc3F)CC2)c1. The molecule has 0 aliphatic carbocycles. The summed E-state index contributed by atoms with van der Waals surface area (Å²) in [5, 5.41) is 0. The van der Waals surface area contributed by atoms with E-state index in [0.29, 0.717) is 32.6 Å². The molecule has 2 aromatic carbocycles. The number of aryl methyl sites for hydroxylation is 2. The molecule has 1 aliphatic heterocycles. The number of hydrogen-bond acceptors (Lipinski definition) is 2. The summed E-state index contributed by atoms with van der Waals surface area (Å²) in [6.07, 6.45) is 0.370. The van der Waals surface area contributed by atoms with Crippen LogP contribution >= 0.6 is 0 Å². The maximum Gasteiger partial charge on any atom is 0.256 e. The fourth-order valence-electron chi connectivity index (χ4n) is 3.23. The molecule has 1 saturated heterocycles. The number of hydrogen-bond donors (Lipinski definition) is 0. The van der Waals surface area contributed by atoms with Crippen LogP contribution in [0.1, 0.15) is 27.0 Å². The van der Waals surface area contributed by atoms with Crippen LogP contribution in [0, 0.1) is 19.7 Å². The van der Waals surface area contributed by atoms with E-state index in [1.807, 2.05) is 32.0 Å². The predicted molar refractivity (Wildman–Crippen MR) is 98.5 cm³/mol. The highest BCUT2D eigenvalue weighted by Crippen LogP contribution is 2.15. The van der Waals surface area contributed by atoms with Crippen LogP contribution in [0.15, 0.2) is 42.5 Å². The van der Waals surface area contributed by atoms with Gasteiger partial charge in [0.25, 0.3) is 5.91 Å². The van der Waals surface area contributed by atoms with E-state index in [0.717, 1.165) is 16.7 Å². The quantitative estimate of drug-likeness (QED) is 0.850. The van der Waals surface area contributed by atoms with E-state index in [4.69, 9.17) is 0 Å². The van der Waals surface area contributed by atoms with E-state index in [1.54, 1.807) is 21.9 Å². The lowest BCUT2D eigenvalue weighted by Crippen LogP contribution is -2.51. The van der Waals surface area contributed by atoms with Crippen molar-refractivity contribution < 1.29 is 14.0 Å². The maximum absolute atomic E-state index is 13.8. The lowest BCUT2D eigenvalue weighted by Gasteiger charge is -2.35. The van der Waals surface area contributed by atoms with E-state index < -0.39 is 5.82 Å². The van der Waals surface area contributed by atoms with Gasteiger partial charge < -0.3 is 9.80 Å². The summed E-state index contributed by atoms with van der Waals surface area (Å²) in [6, 6.07) is 12.1. The fraction of sp³-hybridized carbons (Fsp3) is 0.333. The van der Waals surface area contributed by atoms with Crippen molar-refractivity contribution in [1.82, 2.24) is 9.80 Å². The number of carbonyl (C=O) groups is 2. The van der Waals surface area contributed by atoms with Crippen LogP contribution in [0.4, 0.5) is 4.39 Å². The van der Waals surface area contributed by atoms with Crippen LogP contribution in [0.25, 0.3) is 0 Å². The second-order valence-electron chi connectivity index (χ2n) is 6.76. The number of nitrogens with zero attached hydrogens (tertiary/aromatic N) is 2. The number of carbonyl (C=O) groups excluding carboxylic acids is 2. The average Bonchev–Trinajstić information content (AvgIpc) is 2.64. The van der Waals surface area contributed by atoms with Crippen LogP contribution in [-0.2, 0) is 11.2 Å². The molecule has 1 fully saturated rings. The van der Waals surface area contributed by atoms with Gasteiger partial charge in [-0.3, -0.25) is 9.59 Å². The van der Waals surface area contributed by atoms with Crippen molar-refractivity contribution in [3.8, 4) is 0 Å². The first-order valence-electron chi connectivity index (χ1n) is 8.83. The molecule has 0 bridgehead atoms. The Labute approximate surface area is 153 Å². The van der Waals surface area contributed by atoms with Crippen molar-refractivity contribution in [2.75, 3.05) is 26.2 Å². The zero-order valence-electron chi connectivity index (χ0n) is 15.2. The minimum atomic E-state index is -0.508. The zero-order valence-corrected chi connectivity index (χ0v) is 15.2.